The second-order valence-corrected chi connectivity index (χ2v) is 5.50. The lowest BCUT2D eigenvalue weighted by Gasteiger charge is -2.06. The van der Waals surface area contributed by atoms with Gasteiger partial charge in [-0.2, -0.15) is 0 Å². The number of aryl methyl sites for hydroxylation is 2. The van der Waals surface area contributed by atoms with Crippen LogP contribution in [0.2, 0.25) is 10.0 Å². The van der Waals surface area contributed by atoms with E-state index in [9.17, 15) is 4.79 Å². The highest BCUT2D eigenvalue weighted by atomic mass is 35.5. The highest BCUT2D eigenvalue weighted by Crippen LogP contribution is 2.22. The van der Waals surface area contributed by atoms with Gasteiger partial charge in [0.2, 0.25) is 0 Å². The molecule has 0 saturated heterocycles. The Morgan fingerprint density at radius 2 is 1.61 bits per heavy atom. The van der Waals surface area contributed by atoms with Crippen LogP contribution >= 0.6 is 23.2 Å². The van der Waals surface area contributed by atoms with Crippen LogP contribution in [0.3, 0.4) is 0 Å². The molecular formula is C17H18Cl2O4. The van der Waals surface area contributed by atoms with Crippen LogP contribution in [0.25, 0.3) is 0 Å². The second kappa shape index (κ2) is 9.28. The van der Waals surface area contributed by atoms with Gasteiger partial charge < -0.3 is 14.6 Å². The first kappa shape index (κ1) is 19.1. The normalized spacial score (nSPS) is 9.61. The predicted molar refractivity (Wildman–Crippen MR) is 91.7 cm³/mol. The molecule has 0 amide bonds. The van der Waals surface area contributed by atoms with Crippen molar-refractivity contribution in [1.82, 2.24) is 0 Å². The molecule has 0 saturated carbocycles. The molecule has 2 rings (SSSR count). The summed E-state index contributed by atoms with van der Waals surface area (Å²) >= 11 is 11.3. The first-order valence-electron chi connectivity index (χ1n) is 6.89. The van der Waals surface area contributed by atoms with Gasteiger partial charge in [-0.25, -0.2) is 4.79 Å². The highest BCUT2D eigenvalue weighted by molar-refractivity contribution is 6.31. The average Bonchev–Trinajstić information content (AvgIpc) is 2.47. The molecule has 0 aliphatic carbocycles. The van der Waals surface area contributed by atoms with Gasteiger partial charge in [0, 0.05) is 10.0 Å². The molecule has 0 radical (unpaired) electrons. The van der Waals surface area contributed by atoms with Crippen molar-refractivity contribution in [2.75, 3.05) is 6.61 Å². The molecule has 0 spiro atoms. The van der Waals surface area contributed by atoms with Crippen molar-refractivity contribution >= 4 is 29.4 Å². The van der Waals surface area contributed by atoms with Gasteiger partial charge in [0.15, 0.2) is 0 Å². The lowest BCUT2D eigenvalue weighted by molar-refractivity contribution is 0.104. The van der Waals surface area contributed by atoms with Crippen LogP contribution in [0.5, 0.6) is 11.5 Å². The number of rotatable bonds is 2. The van der Waals surface area contributed by atoms with Crippen molar-refractivity contribution in [3.63, 3.8) is 0 Å². The predicted octanol–water partition coefficient (Wildman–Crippen LogP) is 5.54. The first-order valence-corrected chi connectivity index (χ1v) is 7.65. The minimum atomic E-state index is -0.696. The summed E-state index contributed by atoms with van der Waals surface area (Å²) in [4.78, 5) is 11.0. The second-order valence-electron chi connectivity index (χ2n) is 4.63. The summed E-state index contributed by atoms with van der Waals surface area (Å²) in [6, 6.07) is 9.96. The minimum absolute atomic E-state index is 0.291. The van der Waals surface area contributed by atoms with Gasteiger partial charge in [-0.3, -0.25) is 0 Å². The quantitative estimate of drug-likeness (QED) is 0.567. The molecule has 0 unspecified atom stereocenters. The van der Waals surface area contributed by atoms with Gasteiger partial charge in [-0.15, -0.1) is 0 Å². The zero-order valence-corrected chi connectivity index (χ0v) is 14.6. The SMILES string of the molecule is CCOC(=O)Oc1ccc(Cl)cc1C.Cc1cc(Cl)ccc1O. The molecule has 0 aliphatic heterocycles. The van der Waals surface area contributed by atoms with E-state index in [-0.39, 0.29) is 0 Å². The summed E-state index contributed by atoms with van der Waals surface area (Å²) < 4.78 is 9.56. The Morgan fingerprint density at radius 1 is 1.04 bits per heavy atom. The summed E-state index contributed by atoms with van der Waals surface area (Å²) in [5.41, 5.74) is 1.60. The lowest BCUT2D eigenvalue weighted by atomic mass is 10.2. The standard InChI is InChI=1S/C10H11ClO3.C7H7ClO/c1-3-13-10(12)14-9-5-4-8(11)6-7(9)2;1-5-4-6(8)2-3-7(5)9/h4-6H,3H2,1-2H3;2-4,9H,1H3. The van der Waals surface area contributed by atoms with E-state index in [0.717, 1.165) is 11.1 Å². The molecule has 6 heteroatoms. The fourth-order valence-corrected chi connectivity index (χ4v) is 2.04. The Kier molecular flexibility index (Phi) is 7.72. The Bertz CT molecular complexity index is 672. The maximum absolute atomic E-state index is 11.0. The number of phenols is 1. The van der Waals surface area contributed by atoms with Gasteiger partial charge in [-0.05, 0) is 68.3 Å². The van der Waals surface area contributed by atoms with Crippen LogP contribution in [-0.2, 0) is 4.74 Å². The first-order chi connectivity index (χ1) is 10.8. The monoisotopic (exact) mass is 356 g/mol. The van der Waals surface area contributed by atoms with E-state index in [1.807, 2.05) is 0 Å². The fourth-order valence-electron chi connectivity index (χ4n) is 1.58. The van der Waals surface area contributed by atoms with Gasteiger partial charge >= 0.3 is 6.16 Å². The van der Waals surface area contributed by atoms with E-state index in [0.29, 0.717) is 28.2 Å². The van der Waals surface area contributed by atoms with Crippen LogP contribution in [0.4, 0.5) is 4.79 Å². The Balaban J connectivity index is 0.000000253. The van der Waals surface area contributed by atoms with Crippen LogP contribution in [0, 0.1) is 13.8 Å². The average molecular weight is 357 g/mol. The van der Waals surface area contributed by atoms with E-state index in [2.05, 4.69) is 4.74 Å². The molecule has 0 atom stereocenters. The maximum Gasteiger partial charge on any atom is 0.513 e. The Hall–Kier alpha value is -1.91. The molecule has 0 heterocycles. The molecule has 0 bridgehead atoms. The van der Waals surface area contributed by atoms with Crippen molar-refractivity contribution in [2.45, 2.75) is 20.8 Å². The van der Waals surface area contributed by atoms with Crippen LogP contribution in [-0.4, -0.2) is 17.9 Å². The van der Waals surface area contributed by atoms with Crippen molar-refractivity contribution < 1.29 is 19.4 Å². The summed E-state index contributed by atoms with van der Waals surface area (Å²) in [7, 11) is 0. The van der Waals surface area contributed by atoms with Gasteiger partial charge in [0.1, 0.15) is 11.5 Å². The number of halogens is 2. The summed E-state index contributed by atoms with van der Waals surface area (Å²) in [5.74, 6) is 0.757. The van der Waals surface area contributed by atoms with E-state index in [4.69, 9.17) is 33.0 Å². The van der Waals surface area contributed by atoms with Crippen molar-refractivity contribution in [1.29, 1.82) is 0 Å². The minimum Gasteiger partial charge on any atom is -0.508 e. The van der Waals surface area contributed by atoms with Gasteiger partial charge in [0.25, 0.3) is 0 Å². The number of carbonyl (C=O) groups is 1. The Morgan fingerprint density at radius 3 is 2.09 bits per heavy atom. The van der Waals surface area contributed by atoms with Gasteiger partial charge in [-0.1, -0.05) is 23.2 Å². The molecule has 2 aromatic rings. The third-order valence-electron chi connectivity index (χ3n) is 2.75. The number of hydrogen-bond donors (Lipinski definition) is 1. The molecule has 0 fully saturated rings. The molecule has 23 heavy (non-hydrogen) atoms. The smallest absolute Gasteiger partial charge is 0.508 e. The van der Waals surface area contributed by atoms with Crippen molar-refractivity contribution in [3.05, 3.63) is 57.6 Å². The summed E-state index contributed by atoms with van der Waals surface area (Å²) in [5, 5.41) is 10.3. The molecule has 0 aromatic heterocycles. The number of ether oxygens (including phenoxy) is 2. The van der Waals surface area contributed by atoms with Crippen molar-refractivity contribution in [3.8, 4) is 11.5 Å². The van der Waals surface area contributed by atoms with Crippen LogP contribution in [0.1, 0.15) is 18.1 Å². The topological polar surface area (TPSA) is 55.8 Å². The lowest BCUT2D eigenvalue weighted by Crippen LogP contribution is -2.10. The highest BCUT2D eigenvalue weighted by Gasteiger charge is 2.07. The van der Waals surface area contributed by atoms with E-state index in [1.165, 1.54) is 0 Å². The fraction of sp³-hybridized carbons (Fsp3) is 0.235. The van der Waals surface area contributed by atoms with Crippen LogP contribution in [0.15, 0.2) is 36.4 Å². The zero-order chi connectivity index (χ0) is 17.4. The molecule has 2 aromatic carbocycles. The third kappa shape index (κ3) is 6.80. The maximum atomic E-state index is 11.0. The number of phenolic OH excluding ortho intramolecular Hbond substituents is 1. The van der Waals surface area contributed by atoms with E-state index < -0.39 is 6.16 Å². The number of carbonyl (C=O) groups excluding carboxylic acids is 1. The van der Waals surface area contributed by atoms with Crippen molar-refractivity contribution in [2.24, 2.45) is 0 Å². The summed E-state index contributed by atoms with van der Waals surface area (Å²) in [6.45, 7) is 5.63. The molecule has 0 aliphatic rings. The van der Waals surface area contributed by atoms with E-state index in [1.54, 1.807) is 57.2 Å². The molecule has 124 valence electrons. The van der Waals surface area contributed by atoms with Crippen LogP contribution < -0.4 is 4.74 Å². The third-order valence-corrected chi connectivity index (χ3v) is 3.22. The molecular weight excluding hydrogens is 339 g/mol. The number of hydrogen-bond acceptors (Lipinski definition) is 4. The molecule has 1 N–H and O–H groups in total. The number of aromatic hydroxyl groups is 1. The number of benzene rings is 2. The Labute approximate surface area is 145 Å². The summed E-state index contributed by atoms with van der Waals surface area (Å²) in [6.07, 6.45) is -0.696. The molecule has 4 nitrogen and oxygen atoms in total. The largest absolute Gasteiger partial charge is 0.513 e. The van der Waals surface area contributed by atoms with Gasteiger partial charge in [0.05, 0.1) is 6.61 Å². The van der Waals surface area contributed by atoms with E-state index >= 15 is 0 Å². The zero-order valence-electron chi connectivity index (χ0n) is 13.1.